The summed E-state index contributed by atoms with van der Waals surface area (Å²) in [6, 6.07) is 0. The highest BCUT2D eigenvalue weighted by atomic mass is 32.2. The molecule has 3 N–H and O–H groups in total. The first-order chi connectivity index (χ1) is 8.00. The van der Waals surface area contributed by atoms with Crippen LogP contribution in [0.25, 0.3) is 0 Å². The third-order valence-electron chi connectivity index (χ3n) is 2.94. The van der Waals surface area contributed by atoms with Gasteiger partial charge in [-0.3, -0.25) is 14.3 Å². The highest BCUT2D eigenvalue weighted by molar-refractivity contribution is 7.85. The normalized spacial score (nSPS) is 17.4. The topological polar surface area (TPSA) is 88.0 Å². The van der Waals surface area contributed by atoms with Crippen LogP contribution in [0.2, 0.25) is 0 Å². The van der Waals surface area contributed by atoms with Crippen LogP contribution in [-0.4, -0.2) is 44.4 Å². The summed E-state index contributed by atoms with van der Waals surface area (Å²) in [4.78, 5) is 2.11. The monoisotopic (exact) mass is 255 g/mol. The maximum Gasteiger partial charge on any atom is 0.137 e. The van der Waals surface area contributed by atoms with Crippen LogP contribution < -0.4 is 10.6 Å². The number of nitrogens with two attached hydrogens (primary N) is 1. The Bertz CT molecular complexity index is 471. The summed E-state index contributed by atoms with van der Waals surface area (Å²) in [5.74, 6) is 2.24. The molecule has 1 aromatic rings. The van der Waals surface area contributed by atoms with Gasteiger partial charge in [-0.2, -0.15) is 5.10 Å². The molecule has 0 atom stereocenters. The summed E-state index contributed by atoms with van der Waals surface area (Å²) in [7, 11) is 1.14. The summed E-state index contributed by atoms with van der Waals surface area (Å²) in [6.07, 6.45) is 0. The van der Waals surface area contributed by atoms with Crippen molar-refractivity contribution in [1.82, 2.24) is 9.78 Å². The first kappa shape index (κ1) is 12.1. The molecule has 94 valence electrons. The van der Waals surface area contributed by atoms with Gasteiger partial charge in [0.1, 0.15) is 11.7 Å². The predicted molar refractivity (Wildman–Crippen MR) is 69.1 cm³/mol. The Morgan fingerprint density at radius 2 is 2.06 bits per heavy atom. The van der Waals surface area contributed by atoms with Crippen LogP contribution in [-0.2, 0) is 17.8 Å². The van der Waals surface area contributed by atoms with Crippen LogP contribution >= 0.6 is 0 Å². The van der Waals surface area contributed by atoms with Crippen molar-refractivity contribution in [3.05, 3.63) is 11.3 Å². The van der Waals surface area contributed by atoms with E-state index in [2.05, 4.69) is 10.00 Å². The van der Waals surface area contributed by atoms with E-state index in [0.717, 1.165) is 24.6 Å². The quantitative estimate of drug-likeness (QED) is 0.555. The van der Waals surface area contributed by atoms with Crippen LogP contribution in [0.1, 0.15) is 11.3 Å². The van der Waals surface area contributed by atoms with Crippen LogP contribution in [0, 0.1) is 12.3 Å². The minimum absolute atomic E-state index is 0.0392. The second-order valence-corrected chi connectivity index (χ2v) is 5.85. The zero-order valence-electron chi connectivity index (χ0n) is 10.1. The first-order valence-electron chi connectivity index (χ1n) is 5.48. The Labute approximate surface area is 103 Å². The smallest absolute Gasteiger partial charge is 0.137 e. The fourth-order valence-corrected chi connectivity index (χ4v) is 3.23. The van der Waals surface area contributed by atoms with E-state index in [4.69, 9.17) is 11.1 Å². The van der Waals surface area contributed by atoms with E-state index in [1.54, 1.807) is 4.68 Å². The number of hydrogen-bond acceptors (Lipinski definition) is 4. The minimum Gasteiger partial charge on any atom is -0.384 e. The third kappa shape index (κ3) is 2.19. The van der Waals surface area contributed by atoms with E-state index in [-0.39, 0.29) is 5.84 Å². The van der Waals surface area contributed by atoms with Gasteiger partial charge in [-0.25, -0.2) is 0 Å². The second kappa shape index (κ2) is 4.48. The van der Waals surface area contributed by atoms with Gasteiger partial charge in [0.2, 0.25) is 0 Å². The number of anilines is 1. The zero-order chi connectivity index (χ0) is 12.6. The molecule has 2 rings (SSSR count). The van der Waals surface area contributed by atoms with E-state index < -0.39 is 10.8 Å². The van der Waals surface area contributed by atoms with E-state index in [0.29, 0.717) is 17.1 Å². The fourth-order valence-electron chi connectivity index (χ4n) is 2.17. The van der Waals surface area contributed by atoms with Gasteiger partial charge < -0.3 is 10.6 Å². The van der Waals surface area contributed by atoms with Gasteiger partial charge in [0.15, 0.2) is 0 Å². The van der Waals surface area contributed by atoms with Crippen molar-refractivity contribution in [1.29, 1.82) is 5.41 Å². The van der Waals surface area contributed by atoms with Crippen molar-refractivity contribution in [2.45, 2.75) is 6.92 Å². The highest BCUT2D eigenvalue weighted by Gasteiger charge is 2.24. The van der Waals surface area contributed by atoms with Crippen LogP contribution in [0.4, 0.5) is 5.82 Å². The van der Waals surface area contributed by atoms with Crippen molar-refractivity contribution in [3.63, 3.8) is 0 Å². The molecular formula is C10H17N5OS. The Morgan fingerprint density at radius 3 is 2.59 bits per heavy atom. The molecule has 0 amide bonds. The molecular weight excluding hydrogens is 238 g/mol. The van der Waals surface area contributed by atoms with Crippen molar-refractivity contribution in [2.24, 2.45) is 12.8 Å². The molecule has 1 aromatic heterocycles. The molecule has 17 heavy (non-hydrogen) atoms. The Hall–Kier alpha value is -1.37. The molecule has 0 unspecified atom stereocenters. The van der Waals surface area contributed by atoms with Crippen molar-refractivity contribution in [2.75, 3.05) is 29.5 Å². The molecule has 1 saturated heterocycles. The highest BCUT2D eigenvalue weighted by Crippen LogP contribution is 2.23. The molecule has 0 bridgehead atoms. The summed E-state index contributed by atoms with van der Waals surface area (Å²) in [5, 5.41) is 11.9. The number of nitrogens with one attached hydrogen (secondary N) is 1. The molecule has 1 aliphatic heterocycles. The standard InChI is InChI=1S/C10H17N5OS/c1-7-8(9(11)12)10(14(2)13-7)15-3-5-17(16)6-4-15/h3-6H2,1-2H3,(H3,11,12). The predicted octanol–water partition coefficient (Wildman–Crippen LogP) is -0.419. The third-order valence-corrected chi connectivity index (χ3v) is 4.21. The van der Waals surface area contributed by atoms with Gasteiger partial charge in [0.05, 0.1) is 11.3 Å². The molecule has 1 aliphatic rings. The Morgan fingerprint density at radius 1 is 1.47 bits per heavy atom. The molecule has 2 heterocycles. The number of nitrogens with zero attached hydrogens (tertiary/aromatic N) is 3. The van der Waals surface area contributed by atoms with E-state index in [1.165, 1.54) is 0 Å². The van der Waals surface area contributed by atoms with Crippen LogP contribution in [0.15, 0.2) is 0 Å². The average molecular weight is 255 g/mol. The lowest BCUT2D eigenvalue weighted by molar-refractivity contribution is 0.665. The molecule has 1 fully saturated rings. The van der Waals surface area contributed by atoms with E-state index in [9.17, 15) is 4.21 Å². The summed E-state index contributed by atoms with van der Waals surface area (Å²) in [5.41, 5.74) is 7.07. The van der Waals surface area contributed by atoms with Gasteiger partial charge in [-0.05, 0) is 6.92 Å². The molecule has 0 spiro atoms. The van der Waals surface area contributed by atoms with Crippen LogP contribution in [0.5, 0.6) is 0 Å². The SMILES string of the molecule is Cc1nn(C)c(N2CCS(=O)CC2)c1C(=N)N. The Balaban J connectivity index is 2.37. The average Bonchev–Trinajstić information content (AvgIpc) is 2.55. The summed E-state index contributed by atoms with van der Waals surface area (Å²) < 4.78 is 13.1. The van der Waals surface area contributed by atoms with E-state index >= 15 is 0 Å². The number of amidine groups is 1. The first-order valence-corrected chi connectivity index (χ1v) is 6.97. The molecule has 0 saturated carbocycles. The Kier molecular flexibility index (Phi) is 3.19. The molecule has 0 radical (unpaired) electrons. The molecule has 0 aliphatic carbocycles. The van der Waals surface area contributed by atoms with Crippen molar-refractivity contribution in [3.8, 4) is 0 Å². The maximum absolute atomic E-state index is 11.3. The lowest BCUT2D eigenvalue weighted by atomic mass is 10.2. The van der Waals surface area contributed by atoms with Crippen LogP contribution in [0.3, 0.4) is 0 Å². The number of rotatable bonds is 2. The largest absolute Gasteiger partial charge is 0.384 e. The summed E-state index contributed by atoms with van der Waals surface area (Å²) in [6.45, 7) is 3.31. The molecule has 6 nitrogen and oxygen atoms in total. The number of aromatic nitrogens is 2. The van der Waals surface area contributed by atoms with Crippen molar-refractivity contribution >= 4 is 22.5 Å². The second-order valence-electron chi connectivity index (χ2n) is 4.16. The van der Waals surface area contributed by atoms with Gasteiger partial charge in [-0.15, -0.1) is 0 Å². The van der Waals surface area contributed by atoms with Gasteiger partial charge >= 0.3 is 0 Å². The van der Waals surface area contributed by atoms with Crippen molar-refractivity contribution < 1.29 is 4.21 Å². The molecule has 0 aromatic carbocycles. The minimum atomic E-state index is -0.708. The van der Waals surface area contributed by atoms with Gasteiger partial charge in [0, 0.05) is 42.4 Å². The van der Waals surface area contributed by atoms with Gasteiger partial charge in [-0.1, -0.05) is 0 Å². The lowest BCUT2D eigenvalue weighted by Crippen LogP contribution is -2.39. The molecule has 7 heteroatoms. The van der Waals surface area contributed by atoms with Gasteiger partial charge in [0.25, 0.3) is 0 Å². The number of nitrogen functional groups attached to an aromatic ring is 1. The fraction of sp³-hybridized carbons (Fsp3) is 0.600. The lowest BCUT2D eigenvalue weighted by Gasteiger charge is -2.29. The number of aryl methyl sites for hydroxylation is 2. The maximum atomic E-state index is 11.3. The van der Waals surface area contributed by atoms with E-state index in [1.807, 2.05) is 14.0 Å². The summed E-state index contributed by atoms with van der Waals surface area (Å²) >= 11 is 0. The zero-order valence-corrected chi connectivity index (χ0v) is 10.9. The number of hydrogen-bond donors (Lipinski definition) is 2.